The summed E-state index contributed by atoms with van der Waals surface area (Å²) in [5.74, 6) is 1.03. The number of nitrogens with two attached hydrogens (primary N) is 1. The molecular formula is C24H37N5O5. The van der Waals surface area contributed by atoms with Crippen LogP contribution in [0, 0.1) is 0 Å². The van der Waals surface area contributed by atoms with Gasteiger partial charge >= 0.3 is 5.69 Å². The Morgan fingerprint density at radius 3 is 2.44 bits per heavy atom. The average molecular weight is 476 g/mol. The number of anilines is 2. The smallest absolute Gasteiger partial charge is 0.330 e. The van der Waals surface area contributed by atoms with Gasteiger partial charge in [-0.05, 0) is 44.5 Å². The second kappa shape index (κ2) is 12.8. The molecule has 0 aliphatic carbocycles. The largest absolute Gasteiger partial charge is 0.493 e. The molecule has 34 heavy (non-hydrogen) atoms. The van der Waals surface area contributed by atoms with E-state index in [1.54, 1.807) is 14.0 Å². The predicted octanol–water partition coefficient (Wildman–Crippen LogP) is 2.20. The number of rotatable bonds is 13. The minimum Gasteiger partial charge on any atom is -0.493 e. The molecule has 0 aliphatic rings. The van der Waals surface area contributed by atoms with Gasteiger partial charge in [-0.3, -0.25) is 24.0 Å². The molecule has 0 saturated carbocycles. The first-order chi connectivity index (χ1) is 16.3. The molecule has 10 heteroatoms. The Hall–Kier alpha value is -3.27. The summed E-state index contributed by atoms with van der Waals surface area (Å²) in [6.07, 6.45) is 1.59. The van der Waals surface area contributed by atoms with E-state index in [9.17, 15) is 14.4 Å². The molecule has 0 unspecified atom stereocenters. The molecule has 0 radical (unpaired) electrons. The van der Waals surface area contributed by atoms with E-state index in [1.807, 2.05) is 43.9 Å². The summed E-state index contributed by atoms with van der Waals surface area (Å²) in [4.78, 5) is 43.7. The fourth-order valence-corrected chi connectivity index (χ4v) is 3.74. The number of carbonyl (C=O) groups excluding carboxylic acids is 1. The summed E-state index contributed by atoms with van der Waals surface area (Å²) < 4.78 is 12.3. The van der Waals surface area contributed by atoms with Crippen LogP contribution in [0.25, 0.3) is 0 Å². The molecule has 0 atom stereocenters. The van der Waals surface area contributed by atoms with Crippen LogP contribution in [0.15, 0.2) is 27.8 Å². The first kappa shape index (κ1) is 27.0. The standard InChI is InChI=1S/C24H37N5O5/c1-6-10-13-29-22(25)21(23(31)26-24(29)32)28(8-3)20(30)16-27(7-2)15-17-11-12-18(34-9-4)19(14-17)33-5/h11-12,14H,6-10,13,15-16,25H2,1-5H3,(H,26,31,32). The highest BCUT2D eigenvalue weighted by atomic mass is 16.5. The monoisotopic (exact) mass is 475 g/mol. The zero-order valence-electron chi connectivity index (χ0n) is 20.8. The molecule has 0 saturated heterocycles. The lowest BCUT2D eigenvalue weighted by Crippen LogP contribution is -2.45. The van der Waals surface area contributed by atoms with E-state index in [2.05, 4.69) is 4.98 Å². The molecule has 10 nitrogen and oxygen atoms in total. The Labute approximate surface area is 200 Å². The molecule has 1 heterocycles. The summed E-state index contributed by atoms with van der Waals surface area (Å²) in [5.41, 5.74) is 5.96. The van der Waals surface area contributed by atoms with E-state index in [0.29, 0.717) is 37.7 Å². The van der Waals surface area contributed by atoms with Crippen molar-refractivity contribution in [2.45, 2.75) is 53.6 Å². The maximum Gasteiger partial charge on any atom is 0.330 e. The number of unbranched alkanes of at least 4 members (excludes halogenated alkanes) is 1. The number of methoxy groups -OCH3 is 1. The zero-order valence-corrected chi connectivity index (χ0v) is 20.8. The lowest BCUT2D eigenvalue weighted by molar-refractivity contribution is -0.119. The Morgan fingerprint density at radius 1 is 1.12 bits per heavy atom. The molecule has 0 fully saturated rings. The summed E-state index contributed by atoms with van der Waals surface area (Å²) in [5, 5.41) is 0. The van der Waals surface area contributed by atoms with Gasteiger partial charge in [0.05, 0.1) is 20.3 Å². The van der Waals surface area contributed by atoms with Gasteiger partial charge in [0.1, 0.15) is 5.82 Å². The number of hydrogen-bond acceptors (Lipinski definition) is 7. The second-order valence-corrected chi connectivity index (χ2v) is 7.86. The van der Waals surface area contributed by atoms with Crippen molar-refractivity contribution in [1.82, 2.24) is 14.5 Å². The second-order valence-electron chi connectivity index (χ2n) is 7.86. The van der Waals surface area contributed by atoms with Gasteiger partial charge in [-0.15, -0.1) is 0 Å². The highest BCUT2D eigenvalue weighted by molar-refractivity contribution is 5.96. The van der Waals surface area contributed by atoms with Crippen LogP contribution in [0.1, 0.15) is 46.1 Å². The minimum absolute atomic E-state index is 0.0108. The van der Waals surface area contributed by atoms with Crippen LogP contribution < -0.4 is 31.4 Å². The van der Waals surface area contributed by atoms with Gasteiger partial charge in [-0.1, -0.05) is 26.3 Å². The van der Waals surface area contributed by atoms with Gasteiger partial charge in [0.25, 0.3) is 5.56 Å². The Balaban J connectivity index is 2.27. The number of amides is 1. The third kappa shape index (κ3) is 6.40. The number of nitrogens with one attached hydrogen (secondary N) is 1. The summed E-state index contributed by atoms with van der Waals surface area (Å²) in [6, 6.07) is 5.68. The number of carbonyl (C=O) groups is 1. The van der Waals surface area contributed by atoms with Gasteiger partial charge < -0.3 is 20.1 Å². The van der Waals surface area contributed by atoms with E-state index >= 15 is 0 Å². The molecular weight excluding hydrogens is 438 g/mol. The number of aromatic amines is 1. The first-order valence-corrected chi connectivity index (χ1v) is 11.8. The van der Waals surface area contributed by atoms with Gasteiger partial charge in [0.2, 0.25) is 5.91 Å². The number of nitrogen functional groups attached to an aromatic ring is 1. The average Bonchev–Trinajstić information content (AvgIpc) is 2.81. The first-order valence-electron chi connectivity index (χ1n) is 11.8. The maximum absolute atomic E-state index is 13.3. The number of hydrogen-bond donors (Lipinski definition) is 2. The molecule has 0 spiro atoms. The lowest BCUT2D eigenvalue weighted by Gasteiger charge is -2.27. The normalized spacial score (nSPS) is 11.0. The number of ether oxygens (including phenoxy) is 2. The molecule has 0 bridgehead atoms. The number of nitrogens with zero attached hydrogens (tertiary/aromatic N) is 3. The Bertz CT molecular complexity index is 1080. The van der Waals surface area contributed by atoms with Crippen molar-refractivity contribution >= 4 is 17.4 Å². The van der Waals surface area contributed by atoms with E-state index in [-0.39, 0.29) is 30.5 Å². The molecule has 2 aromatic rings. The van der Waals surface area contributed by atoms with E-state index in [0.717, 1.165) is 18.4 Å². The van der Waals surface area contributed by atoms with E-state index in [4.69, 9.17) is 15.2 Å². The van der Waals surface area contributed by atoms with Crippen molar-refractivity contribution in [2.24, 2.45) is 0 Å². The van der Waals surface area contributed by atoms with Crippen LogP contribution in [0.2, 0.25) is 0 Å². The highest BCUT2D eigenvalue weighted by Gasteiger charge is 2.24. The maximum atomic E-state index is 13.3. The molecule has 1 aromatic carbocycles. The van der Waals surface area contributed by atoms with Crippen molar-refractivity contribution in [3.05, 3.63) is 44.6 Å². The van der Waals surface area contributed by atoms with Gasteiger partial charge in [0.15, 0.2) is 17.2 Å². The summed E-state index contributed by atoms with van der Waals surface area (Å²) >= 11 is 0. The fraction of sp³-hybridized carbons (Fsp3) is 0.542. The van der Waals surface area contributed by atoms with Gasteiger partial charge in [0, 0.05) is 19.6 Å². The van der Waals surface area contributed by atoms with Crippen LogP contribution in [0.5, 0.6) is 11.5 Å². The fourth-order valence-electron chi connectivity index (χ4n) is 3.74. The highest BCUT2D eigenvalue weighted by Crippen LogP contribution is 2.28. The SMILES string of the molecule is CCCCn1c(N)c(N(CC)C(=O)CN(CC)Cc2ccc(OCC)c(OC)c2)c(=O)[nH]c1=O. The third-order valence-corrected chi connectivity index (χ3v) is 5.58. The van der Waals surface area contributed by atoms with Gasteiger partial charge in [-0.25, -0.2) is 4.79 Å². The van der Waals surface area contributed by atoms with Crippen LogP contribution >= 0.6 is 0 Å². The van der Waals surface area contributed by atoms with E-state index in [1.165, 1.54) is 9.47 Å². The molecule has 1 amide bonds. The zero-order chi connectivity index (χ0) is 25.3. The predicted molar refractivity (Wildman–Crippen MR) is 134 cm³/mol. The summed E-state index contributed by atoms with van der Waals surface area (Å²) in [6.45, 7) is 9.97. The number of aromatic nitrogens is 2. The van der Waals surface area contributed by atoms with Gasteiger partial charge in [-0.2, -0.15) is 0 Å². The van der Waals surface area contributed by atoms with Crippen LogP contribution in [-0.4, -0.2) is 53.7 Å². The summed E-state index contributed by atoms with van der Waals surface area (Å²) in [7, 11) is 1.59. The van der Waals surface area contributed by atoms with E-state index < -0.39 is 11.2 Å². The number of H-pyrrole nitrogens is 1. The van der Waals surface area contributed by atoms with Crippen molar-refractivity contribution in [3.8, 4) is 11.5 Å². The number of benzene rings is 1. The number of likely N-dealkylation sites (N-methyl/N-ethyl adjacent to an activating group) is 2. The van der Waals surface area contributed by atoms with Crippen molar-refractivity contribution in [2.75, 3.05) is 44.0 Å². The Morgan fingerprint density at radius 2 is 1.85 bits per heavy atom. The van der Waals surface area contributed by atoms with Crippen molar-refractivity contribution in [3.63, 3.8) is 0 Å². The quantitative estimate of drug-likeness (QED) is 0.455. The van der Waals surface area contributed by atoms with Crippen molar-refractivity contribution in [1.29, 1.82) is 0 Å². The molecule has 2 rings (SSSR count). The third-order valence-electron chi connectivity index (χ3n) is 5.58. The molecule has 188 valence electrons. The topological polar surface area (TPSA) is 123 Å². The van der Waals surface area contributed by atoms with Crippen molar-refractivity contribution < 1.29 is 14.3 Å². The molecule has 0 aliphatic heterocycles. The van der Waals surface area contributed by atoms with Crippen LogP contribution in [0.3, 0.4) is 0 Å². The molecule has 1 aromatic heterocycles. The minimum atomic E-state index is -0.662. The van der Waals surface area contributed by atoms with Crippen LogP contribution in [0.4, 0.5) is 11.5 Å². The Kier molecular flexibility index (Phi) is 10.2. The molecule has 3 N–H and O–H groups in total. The van der Waals surface area contributed by atoms with Crippen LogP contribution in [-0.2, 0) is 17.9 Å². The lowest BCUT2D eigenvalue weighted by atomic mass is 10.2.